The lowest BCUT2D eigenvalue weighted by Crippen LogP contribution is -2.51. The van der Waals surface area contributed by atoms with Gasteiger partial charge in [0.05, 0.1) is 37.4 Å². The number of benzene rings is 1. The van der Waals surface area contributed by atoms with Crippen LogP contribution in [0.4, 0.5) is 0 Å². The molecular weight excluding hydrogens is 420 g/mol. The van der Waals surface area contributed by atoms with Crippen molar-refractivity contribution in [3.05, 3.63) is 46.8 Å². The summed E-state index contributed by atoms with van der Waals surface area (Å²) < 4.78 is 14.5. The number of fused-ring (bicyclic) bond motifs is 2. The zero-order valence-electron chi connectivity index (χ0n) is 18.9. The zero-order chi connectivity index (χ0) is 22.5. The van der Waals surface area contributed by atoms with E-state index >= 15 is 0 Å². The van der Waals surface area contributed by atoms with Gasteiger partial charge in [-0.15, -0.1) is 0 Å². The van der Waals surface area contributed by atoms with Crippen LogP contribution in [0.1, 0.15) is 37.3 Å². The average molecular weight is 449 g/mol. The van der Waals surface area contributed by atoms with Crippen LogP contribution in [0.2, 0.25) is 0 Å². The molecule has 2 N–H and O–H groups in total. The highest BCUT2D eigenvalue weighted by molar-refractivity contribution is 5.85. The monoisotopic (exact) mass is 448 g/mol. The number of methoxy groups -OCH3 is 1. The molecule has 172 valence electrons. The molecule has 33 heavy (non-hydrogen) atoms. The van der Waals surface area contributed by atoms with Crippen LogP contribution in [0.3, 0.4) is 0 Å². The second-order valence-electron chi connectivity index (χ2n) is 9.22. The maximum atomic E-state index is 13.0. The van der Waals surface area contributed by atoms with Crippen molar-refractivity contribution in [2.45, 2.75) is 50.7 Å². The molecule has 0 unspecified atom stereocenters. The van der Waals surface area contributed by atoms with Crippen LogP contribution in [-0.2, 0) is 4.74 Å². The van der Waals surface area contributed by atoms with E-state index in [1.54, 1.807) is 11.6 Å². The lowest BCUT2D eigenvalue weighted by Gasteiger charge is -2.35. The molecule has 0 bridgehead atoms. The molecule has 0 radical (unpaired) electrons. The Kier molecular flexibility index (Phi) is 4.95. The van der Waals surface area contributed by atoms with Gasteiger partial charge >= 0.3 is 5.69 Å². The van der Waals surface area contributed by atoms with Gasteiger partial charge in [-0.3, -0.25) is 4.57 Å². The van der Waals surface area contributed by atoms with Gasteiger partial charge in [0.1, 0.15) is 6.33 Å². The maximum absolute atomic E-state index is 13.0. The number of pyridine rings is 1. The van der Waals surface area contributed by atoms with Crippen LogP contribution in [0.25, 0.3) is 27.8 Å². The molecular formula is C24H28N6O3. The first-order chi connectivity index (χ1) is 16.1. The minimum Gasteiger partial charge on any atom is -0.493 e. The van der Waals surface area contributed by atoms with E-state index in [9.17, 15) is 4.79 Å². The normalized spacial score (nSPS) is 21.5. The van der Waals surface area contributed by atoms with Crippen molar-refractivity contribution >= 4 is 16.7 Å². The Bertz CT molecular complexity index is 1370. The number of imidazole rings is 1. The Labute approximate surface area is 190 Å². The summed E-state index contributed by atoms with van der Waals surface area (Å²) in [6.07, 6.45) is 7.61. The van der Waals surface area contributed by atoms with Gasteiger partial charge in [-0.05, 0) is 61.9 Å². The maximum Gasteiger partial charge on any atom is 0.326 e. The van der Waals surface area contributed by atoms with Gasteiger partial charge in [-0.1, -0.05) is 0 Å². The van der Waals surface area contributed by atoms with Crippen molar-refractivity contribution in [3.8, 4) is 16.9 Å². The van der Waals surface area contributed by atoms with Crippen molar-refractivity contribution in [2.75, 3.05) is 20.3 Å². The van der Waals surface area contributed by atoms with E-state index in [-0.39, 0.29) is 11.7 Å². The fourth-order valence-electron chi connectivity index (χ4n) is 5.31. The van der Waals surface area contributed by atoms with Crippen LogP contribution in [-0.4, -0.2) is 56.6 Å². The third-order valence-corrected chi connectivity index (χ3v) is 7.11. The van der Waals surface area contributed by atoms with Crippen molar-refractivity contribution in [1.82, 2.24) is 29.5 Å². The van der Waals surface area contributed by atoms with Crippen molar-refractivity contribution in [2.24, 2.45) is 0 Å². The van der Waals surface area contributed by atoms with Gasteiger partial charge in [-0.25, -0.2) is 14.3 Å². The molecule has 0 spiro atoms. The van der Waals surface area contributed by atoms with Gasteiger partial charge in [0.2, 0.25) is 0 Å². The van der Waals surface area contributed by atoms with E-state index in [2.05, 4.69) is 39.4 Å². The van der Waals surface area contributed by atoms with Crippen LogP contribution in [0.15, 0.2) is 35.5 Å². The molecule has 9 heteroatoms. The van der Waals surface area contributed by atoms with Gasteiger partial charge < -0.3 is 19.8 Å². The Morgan fingerprint density at radius 3 is 2.70 bits per heavy atom. The first-order valence-electron chi connectivity index (χ1n) is 11.6. The van der Waals surface area contributed by atoms with Crippen LogP contribution in [0, 0.1) is 6.92 Å². The summed E-state index contributed by atoms with van der Waals surface area (Å²) in [6, 6.07) is 7.39. The second kappa shape index (κ2) is 8.00. The highest BCUT2D eigenvalue weighted by Crippen LogP contribution is 2.34. The zero-order valence-corrected chi connectivity index (χ0v) is 18.9. The SMILES string of the molecule is COc1cc(-c2cc3[nH]c(=O)n(C4CCC(NC5COC5)CC4)c3cc2C)cn2ncnc12. The van der Waals surface area contributed by atoms with E-state index in [1.807, 2.05) is 16.8 Å². The molecule has 4 heterocycles. The Balaban J connectivity index is 1.32. The van der Waals surface area contributed by atoms with E-state index in [4.69, 9.17) is 9.47 Å². The number of H-pyrrole nitrogens is 1. The Morgan fingerprint density at radius 2 is 1.97 bits per heavy atom. The van der Waals surface area contributed by atoms with Gasteiger partial charge in [0.15, 0.2) is 11.4 Å². The predicted octanol–water partition coefficient (Wildman–Crippen LogP) is 2.83. The fraction of sp³-hybridized carbons (Fsp3) is 0.458. The first kappa shape index (κ1) is 20.4. The number of aromatic nitrogens is 5. The van der Waals surface area contributed by atoms with E-state index in [1.165, 1.54) is 6.33 Å². The molecule has 3 aromatic heterocycles. The van der Waals surface area contributed by atoms with Gasteiger partial charge in [0, 0.05) is 23.8 Å². The standard InChI is InChI=1S/C24H28N6O3/c1-14-7-21-20(9-19(14)15-8-22(32-2)23-25-13-26-29(23)10-15)28-24(31)30(21)18-5-3-16(4-6-18)27-17-11-33-12-17/h7-10,13,16-18,27H,3-6,11-12H2,1-2H3,(H,28,31). The summed E-state index contributed by atoms with van der Waals surface area (Å²) in [6.45, 7) is 3.72. The molecule has 6 rings (SSSR count). The number of nitrogens with zero attached hydrogens (tertiary/aromatic N) is 4. The number of hydrogen-bond donors (Lipinski definition) is 2. The summed E-state index contributed by atoms with van der Waals surface area (Å²) in [5.74, 6) is 0.661. The molecule has 1 saturated heterocycles. The molecule has 0 atom stereocenters. The summed E-state index contributed by atoms with van der Waals surface area (Å²) in [4.78, 5) is 20.3. The third-order valence-electron chi connectivity index (χ3n) is 7.11. The van der Waals surface area contributed by atoms with Crippen LogP contribution < -0.4 is 15.7 Å². The minimum atomic E-state index is -0.0327. The minimum absolute atomic E-state index is 0.0327. The lowest BCUT2D eigenvalue weighted by molar-refractivity contribution is -0.0125. The van der Waals surface area contributed by atoms with E-state index < -0.39 is 0 Å². The number of nitrogens with one attached hydrogen (secondary N) is 2. The molecule has 1 aromatic carbocycles. The molecule has 2 fully saturated rings. The second-order valence-corrected chi connectivity index (χ2v) is 9.22. The topological polar surface area (TPSA) is 98.5 Å². The predicted molar refractivity (Wildman–Crippen MR) is 125 cm³/mol. The van der Waals surface area contributed by atoms with Crippen LogP contribution in [0.5, 0.6) is 5.75 Å². The molecule has 4 aromatic rings. The molecule has 0 amide bonds. The van der Waals surface area contributed by atoms with E-state index in [0.717, 1.165) is 66.6 Å². The van der Waals surface area contributed by atoms with Crippen molar-refractivity contribution < 1.29 is 9.47 Å². The number of ether oxygens (including phenoxy) is 2. The Hall–Kier alpha value is -3.17. The Morgan fingerprint density at radius 1 is 1.15 bits per heavy atom. The molecule has 1 aliphatic carbocycles. The summed E-state index contributed by atoms with van der Waals surface area (Å²) in [5, 5.41) is 7.96. The largest absolute Gasteiger partial charge is 0.493 e. The van der Waals surface area contributed by atoms with Crippen LogP contribution >= 0.6 is 0 Å². The van der Waals surface area contributed by atoms with Crippen molar-refractivity contribution in [1.29, 1.82) is 0 Å². The molecule has 1 aliphatic heterocycles. The number of aryl methyl sites for hydroxylation is 1. The number of aromatic amines is 1. The van der Waals surface area contributed by atoms with Gasteiger partial charge in [-0.2, -0.15) is 5.10 Å². The molecule has 2 aliphatic rings. The molecule has 1 saturated carbocycles. The molecule has 9 nitrogen and oxygen atoms in total. The number of hydrogen-bond acceptors (Lipinski definition) is 6. The first-order valence-corrected chi connectivity index (χ1v) is 11.6. The lowest BCUT2D eigenvalue weighted by atomic mass is 9.90. The summed E-state index contributed by atoms with van der Waals surface area (Å²) in [7, 11) is 1.63. The smallest absolute Gasteiger partial charge is 0.326 e. The quantitative estimate of drug-likeness (QED) is 0.487. The number of rotatable bonds is 5. The summed E-state index contributed by atoms with van der Waals surface area (Å²) in [5.41, 5.74) is 5.55. The third kappa shape index (κ3) is 3.52. The summed E-state index contributed by atoms with van der Waals surface area (Å²) >= 11 is 0. The van der Waals surface area contributed by atoms with E-state index in [0.29, 0.717) is 23.5 Å². The average Bonchev–Trinajstić information content (AvgIpc) is 3.39. The highest BCUT2D eigenvalue weighted by Gasteiger charge is 2.28. The van der Waals surface area contributed by atoms with Gasteiger partial charge in [0.25, 0.3) is 0 Å². The highest BCUT2D eigenvalue weighted by atomic mass is 16.5. The van der Waals surface area contributed by atoms with Crippen molar-refractivity contribution in [3.63, 3.8) is 0 Å². The fourth-order valence-corrected chi connectivity index (χ4v) is 5.31.